The highest BCUT2D eigenvalue weighted by atomic mass is 35.5. The Morgan fingerprint density at radius 1 is 1.32 bits per heavy atom. The van der Waals surface area contributed by atoms with E-state index in [9.17, 15) is 4.79 Å². The van der Waals surface area contributed by atoms with Crippen LogP contribution in [-0.4, -0.2) is 30.9 Å². The van der Waals surface area contributed by atoms with Gasteiger partial charge in [0, 0.05) is 25.0 Å². The predicted molar refractivity (Wildman–Crippen MR) is 94.5 cm³/mol. The third-order valence-corrected chi connectivity index (χ3v) is 4.70. The standard InChI is InChI=1S/C17H25ClN2O.ClH/c1-13(15-7-9-19-10-8-15)11-17(21)20(2)12-14-3-5-16(18)6-4-14;/h3-6,13,15,19H,7-12H2,1-2H3;1H. The fourth-order valence-electron chi connectivity index (χ4n) is 2.96. The topological polar surface area (TPSA) is 32.3 Å². The average molecular weight is 345 g/mol. The van der Waals surface area contributed by atoms with Gasteiger partial charge in [-0.25, -0.2) is 0 Å². The number of hydrogen-bond acceptors (Lipinski definition) is 2. The highest BCUT2D eigenvalue weighted by molar-refractivity contribution is 6.30. The van der Waals surface area contributed by atoms with Crippen LogP contribution in [0.4, 0.5) is 0 Å². The molecule has 5 heteroatoms. The number of rotatable bonds is 5. The molecule has 1 aromatic carbocycles. The van der Waals surface area contributed by atoms with Crippen molar-refractivity contribution in [3.8, 4) is 0 Å². The van der Waals surface area contributed by atoms with Crippen LogP contribution in [0.1, 0.15) is 31.7 Å². The number of halogens is 2. The lowest BCUT2D eigenvalue weighted by molar-refractivity contribution is -0.131. The Labute approximate surface area is 144 Å². The van der Waals surface area contributed by atoms with Crippen molar-refractivity contribution in [2.75, 3.05) is 20.1 Å². The van der Waals surface area contributed by atoms with Gasteiger partial charge >= 0.3 is 0 Å². The molecule has 0 radical (unpaired) electrons. The summed E-state index contributed by atoms with van der Waals surface area (Å²) in [7, 11) is 1.88. The molecule has 2 rings (SSSR count). The van der Waals surface area contributed by atoms with Crippen molar-refractivity contribution >= 4 is 29.9 Å². The third-order valence-electron chi connectivity index (χ3n) is 4.44. The van der Waals surface area contributed by atoms with Gasteiger partial charge in [-0.3, -0.25) is 4.79 Å². The van der Waals surface area contributed by atoms with Gasteiger partial charge < -0.3 is 10.2 Å². The first-order chi connectivity index (χ1) is 10.1. The second-order valence-corrected chi connectivity index (χ2v) is 6.58. The highest BCUT2D eigenvalue weighted by Crippen LogP contribution is 2.25. The van der Waals surface area contributed by atoms with Crippen LogP contribution in [0.5, 0.6) is 0 Å². The summed E-state index contributed by atoms with van der Waals surface area (Å²) in [5.41, 5.74) is 1.12. The van der Waals surface area contributed by atoms with E-state index < -0.39 is 0 Å². The third kappa shape index (κ3) is 5.79. The van der Waals surface area contributed by atoms with Crippen LogP contribution in [0.3, 0.4) is 0 Å². The molecular weight excluding hydrogens is 319 g/mol. The van der Waals surface area contributed by atoms with Crippen LogP contribution >= 0.6 is 24.0 Å². The van der Waals surface area contributed by atoms with E-state index in [-0.39, 0.29) is 18.3 Å². The Hall–Kier alpha value is -0.770. The Morgan fingerprint density at radius 3 is 2.50 bits per heavy atom. The summed E-state index contributed by atoms with van der Waals surface area (Å²) in [6.45, 7) is 5.03. The first-order valence-corrected chi connectivity index (χ1v) is 8.13. The fraction of sp³-hybridized carbons (Fsp3) is 0.588. The molecule has 0 spiro atoms. The quantitative estimate of drug-likeness (QED) is 0.882. The van der Waals surface area contributed by atoms with Crippen LogP contribution in [0.2, 0.25) is 5.02 Å². The number of piperidine rings is 1. The average Bonchev–Trinajstić information content (AvgIpc) is 2.50. The van der Waals surface area contributed by atoms with E-state index in [1.165, 1.54) is 12.8 Å². The molecule has 1 aliphatic rings. The second kappa shape index (κ2) is 9.39. The summed E-state index contributed by atoms with van der Waals surface area (Å²) in [6, 6.07) is 7.68. The van der Waals surface area contributed by atoms with E-state index in [2.05, 4.69) is 12.2 Å². The maximum Gasteiger partial charge on any atom is 0.222 e. The smallest absolute Gasteiger partial charge is 0.222 e. The SMILES string of the molecule is CC(CC(=O)N(C)Cc1ccc(Cl)cc1)C1CCNCC1.Cl. The lowest BCUT2D eigenvalue weighted by atomic mass is 9.84. The van der Waals surface area contributed by atoms with Crippen molar-refractivity contribution < 1.29 is 4.79 Å². The van der Waals surface area contributed by atoms with E-state index >= 15 is 0 Å². The van der Waals surface area contributed by atoms with Crippen LogP contribution in [-0.2, 0) is 11.3 Å². The summed E-state index contributed by atoms with van der Waals surface area (Å²) in [5, 5.41) is 4.11. The Bertz CT molecular complexity index is 458. The summed E-state index contributed by atoms with van der Waals surface area (Å²) in [4.78, 5) is 14.2. The van der Waals surface area contributed by atoms with Crippen molar-refractivity contribution in [2.45, 2.75) is 32.7 Å². The normalized spacial score (nSPS) is 16.7. The molecule has 1 atom stereocenters. The molecule has 124 valence electrons. The molecule has 1 heterocycles. The molecule has 1 aliphatic heterocycles. The minimum absolute atomic E-state index is 0. The predicted octanol–water partition coefficient (Wildman–Crippen LogP) is 3.75. The van der Waals surface area contributed by atoms with Crippen molar-refractivity contribution in [2.24, 2.45) is 11.8 Å². The molecular formula is C17H26Cl2N2O. The maximum absolute atomic E-state index is 12.4. The van der Waals surface area contributed by atoms with Crippen molar-refractivity contribution in [1.82, 2.24) is 10.2 Å². The summed E-state index contributed by atoms with van der Waals surface area (Å²) in [5.74, 6) is 1.38. The molecule has 1 unspecified atom stereocenters. The molecule has 1 fully saturated rings. The van der Waals surface area contributed by atoms with Gasteiger partial charge in [0.25, 0.3) is 0 Å². The van der Waals surface area contributed by atoms with Gasteiger partial charge in [0.05, 0.1) is 0 Å². The maximum atomic E-state index is 12.4. The van der Waals surface area contributed by atoms with E-state index in [0.29, 0.717) is 24.8 Å². The van der Waals surface area contributed by atoms with Gasteiger partial charge in [0.2, 0.25) is 5.91 Å². The molecule has 0 aliphatic carbocycles. The van der Waals surface area contributed by atoms with Gasteiger partial charge in [0.15, 0.2) is 0 Å². The highest BCUT2D eigenvalue weighted by Gasteiger charge is 2.23. The van der Waals surface area contributed by atoms with Crippen LogP contribution < -0.4 is 5.32 Å². The van der Waals surface area contributed by atoms with E-state index in [0.717, 1.165) is 23.7 Å². The summed E-state index contributed by atoms with van der Waals surface area (Å²) >= 11 is 5.88. The van der Waals surface area contributed by atoms with Gasteiger partial charge in [0.1, 0.15) is 0 Å². The molecule has 1 aromatic rings. The van der Waals surface area contributed by atoms with E-state index in [1.807, 2.05) is 36.2 Å². The molecule has 22 heavy (non-hydrogen) atoms. The monoisotopic (exact) mass is 344 g/mol. The molecule has 0 aromatic heterocycles. The van der Waals surface area contributed by atoms with Gasteiger partial charge in [-0.2, -0.15) is 0 Å². The van der Waals surface area contributed by atoms with Crippen LogP contribution in [0, 0.1) is 11.8 Å². The van der Waals surface area contributed by atoms with Gasteiger partial charge in [-0.15, -0.1) is 12.4 Å². The van der Waals surface area contributed by atoms with Crippen molar-refractivity contribution in [3.63, 3.8) is 0 Å². The number of amides is 1. The number of benzene rings is 1. The summed E-state index contributed by atoms with van der Waals surface area (Å²) in [6.07, 6.45) is 3.03. The lowest BCUT2D eigenvalue weighted by Gasteiger charge is -2.29. The van der Waals surface area contributed by atoms with Crippen molar-refractivity contribution in [1.29, 1.82) is 0 Å². The molecule has 3 nitrogen and oxygen atoms in total. The zero-order valence-corrected chi connectivity index (χ0v) is 14.9. The Kier molecular flexibility index (Phi) is 8.23. The second-order valence-electron chi connectivity index (χ2n) is 6.15. The molecule has 1 saturated heterocycles. The fourth-order valence-corrected chi connectivity index (χ4v) is 3.09. The number of carbonyl (C=O) groups excluding carboxylic acids is 1. The number of nitrogens with zero attached hydrogens (tertiary/aromatic N) is 1. The Balaban J connectivity index is 0.00000242. The largest absolute Gasteiger partial charge is 0.341 e. The van der Waals surface area contributed by atoms with Crippen LogP contribution in [0.15, 0.2) is 24.3 Å². The zero-order chi connectivity index (χ0) is 15.2. The Morgan fingerprint density at radius 2 is 1.91 bits per heavy atom. The first-order valence-electron chi connectivity index (χ1n) is 7.75. The minimum Gasteiger partial charge on any atom is -0.341 e. The molecule has 1 N–H and O–H groups in total. The number of hydrogen-bond donors (Lipinski definition) is 1. The number of carbonyl (C=O) groups is 1. The molecule has 0 bridgehead atoms. The minimum atomic E-state index is 0. The molecule has 1 amide bonds. The summed E-state index contributed by atoms with van der Waals surface area (Å²) < 4.78 is 0. The van der Waals surface area contributed by atoms with Gasteiger partial charge in [-0.1, -0.05) is 30.7 Å². The lowest BCUT2D eigenvalue weighted by Crippen LogP contribution is -2.34. The zero-order valence-electron chi connectivity index (χ0n) is 13.3. The van der Waals surface area contributed by atoms with E-state index in [1.54, 1.807) is 0 Å². The number of nitrogens with one attached hydrogen (secondary N) is 1. The van der Waals surface area contributed by atoms with Crippen molar-refractivity contribution in [3.05, 3.63) is 34.9 Å². The van der Waals surface area contributed by atoms with E-state index in [4.69, 9.17) is 11.6 Å². The van der Waals surface area contributed by atoms with Crippen LogP contribution in [0.25, 0.3) is 0 Å². The first kappa shape index (κ1) is 19.3. The van der Waals surface area contributed by atoms with Gasteiger partial charge in [-0.05, 0) is 55.5 Å². The molecule has 0 saturated carbocycles.